The van der Waals surface area contributed by atoms with E-state index in [2.05, 4.69) is 17.2 Å². The van der Waals surface area contributed by atoms with E-state index in [4.69, 9.17) is 9.15 Å². The molecule has 2 fully saturated rings. The summed E-state index contributed by atoms with van der Waals surface area (Å²) in [5, 5.41) is 12.5. The predicted octanol–water partition coefficient (Wildman–Crippen LogP) is 3.22. The molecule has 0 radical (unpaired) electrons. The van der Waals surface area contributed by atoms with Crippen LogP contribution in [0.15, 0.2) is 33.6 Å². The van der Waals surface area contributed by atoms with E-state index in [1.165, 1.54) is 0 Å². The Kier molecular flexibility index (Phi) is 6.09. The molecule has 9 heteroatoms. The summed E-state index contributed by atoms with van der Waals surface area (Å²) in [6, 6.07) is 8.49. The van der Waals surface area contributed by atoms with E-state index in [1.54, 1.807) is 28.6 Å². The average molecular weight is 431 g/mol. The summed E-state index contributed by atoms with van der Waals surface area (Å²) >= 11 is 0. The van der Waals surface area contributed by atoms with Crippen molar-refractivity contribution in [3.63, 3.8) is 0 Å². The number of nitrogens with zero attached hydrogens (tertiary/aromatic N) is 3. The zero-order valence-electron chi connectivity index (χ0n) is 17.0. The van der Waals surface area contributed by atoms with Crippen LogP contribution in [-0.2, 0) is 14.8 Å². The Balaban J connectivity index is 1.49. The maximum Gasteiger partial charge on any atom is 0.243 e. The number of nitrogens with one attached hydrogen (secondary N) is 1. The zero-order valence-corrected chi connectivity index (χ0v) is 17.8. The number of aromatic nitrogens is 1. The topological polar surface area (TPSA) is 108 Å². The molecule has 2 aliphatic rings. The van der Waals surface area contributed by atoms with Crippen molar-refractivity contribution in [2.24, 2.45) is 5.92 Å². The molecule has 2 saturated heterocycles. The van der Waals surface area contributed by atoms with Gasteiger partial charge in [0.25, 0.3) is 0 Å². The molecule has 0 amide bonds. The zero-order chi connectivity index (χ0) is 21.1. The van der Waals surface area contributed by atoms with Crippen LogP contribution in [0.3, 0.4) is 0 Å². The second kappa shape index (κ2) is 8.76. The molecule has 2 aliphatic heterocycles. The normalized spacial score (nSPS) is 20.9. The van der Waals surface area contributed by atoms with Crippen molar-refractivity contribution in [3.8, 4) is 17.5 Å². The molecule has 1 aromatic carbocycles. The maximum absolute atomic E-state index is 12.9. The Morgan fingerprint density at radius 3 is 2.60 bits per heavy atom. The summed E-state index contributed by atoms with van der Waals surface area (Å²) in [6.07, 6.45) is 3.87. The van der Waals surface area contributed by atoms with Crippen LogP contribution in [0.1, 0.15) is 38.3 Å². The maximum atomic E-state index is 12.9. The van der Waals surface area contributed by atoms with Gasteiger partial charge in [0.15, 0.2) is 0 Å². The van der Waals surface area contributed by atoms with Crippen LogP contribution in [0.2, 0.25) is 0 Å². The highest BCUT2D eigenvalue weighted by molar-refractivity contribution is 7.89. The first kappa shape index (κ1) is 20.8. The van der Waals surface area contributed by atoms with Gasteiger partial charge in [0, 0.05) is 31.8 Å². The fraction of sp³-hybridized carbons (Fsp3) is 0.524. The van der Waals surface area contributed by atoms with Crippen molar-refractivity contribution in [2.45, 2.75) is 43.6 Å². The minimum atomic E-state index is -3.51. The summed E-state index contributed by atoms with van der Waals surface area (Å²) in [6.45, 7) is 4.56. The fourth-order valence-corrected chi connectivity index (χ4v) is 5.26. The molecule has 8 nitrogen and oxygen atoms in total. The van der Waals surface area contributed by atoms with E-state index in [1.807, 2.05) is 6.07 Å². The lowest BCUT2D eigenvalue weighted by Crippen LogP contribution is -2.37. The van der Waals surface area contributed by atoms with Gasteiger partial charge in [0.1, 0.15) is 6.07 Å². The first-order valence-electron chi connectivity index (χ1n) is 10.3. The molecule has 1 aromatic heterocycles. The standard InChI is InChI=1S/C21H26N4O4S/c1-15-8-10-25(11-9-15)30(26,27)18-6-4-16(5-7-18)20-24-19(13-22)21(29-20)23-14-17-3-2-12-28-17/h4-7,15,17,23H,2-3,8-12,14H2,1H3. The molecule has 3 heterocycles. The van der Waals surface area contributed by atoms with Crippen molar-refractivity contribution < 1.29 is 17.6 Å². The van der Waals surface area contributed by atoms with Crippen molar-refractivity contribution >= 4 is 15.9 Å². The van der Waals surface area contributed by atoms with E-state index >= 15 is 0 Å². The lowest BCUT2D eigenvalue weighted by atomic mass is 10.0. The largest absolute Gasteiger partial charge is 0.419 e. The predicted molar refractivity (Wildman–Crippen MR) is 111 cm³/mol. The van der Waals surface area contributed by atoms with Crippen LogP contribution < -0.4 is 5.32 Å². The monoisotopic (exact) mass is 430 g/mol. The number of hydrogen-bond donors (Lipinski definition) is 1. The summed E-state index contributed by atoms with van der Waals surface area (Å²) < 4.78 is 38.6. The Labute approximate surface area is 176 Å². The molecule has 160 valence electrons. The number of anilines is 1. The van der Waals surface area contributed by atoms with Crippen molar-refractivity contribution in [2.75, 3.05) is 31.6 Å². The van der Waals surface area contributed by atoms with Gasteiger partial charge in [-0.05, 0) is 55.9 Å². The molecule has 30 heavy (non-hydrogen) atoms. The van der Waals surface area contributed by atoms with Gasteiger partial charge in [0.2, 0.25) is 27.5 Å². The quantitative estimate of drug-likeness (QED) is 0.749. The Hall–Kier alpha value is -2.41. The third-order valence-corrected chi connectivity index (χ3v) is 7.64. The molecular formula is C21H26N4O4S. The van der Waals surface area contributed by atoms with Crippen LogP contribution >= 0.6 is 0 Å². The number of piperidine rings is 1. The van der Waals surface area contributed by atoms with Gasteiger partial charge in [-0.25, -0.2) is 8.42 Å². The lowest BCUT2D eigenvalue weighted by molar-refractivity contribution is 0.120. The Morgan fingerprint density at radius 2 is 1.97 bits per heavy atom. The molecule has 1 N–H and O–H groups in total. The molecular weight excluding hydrogens is 404 g/mol. The van der Waals surface area contributed by atoms with Crippen LogP contribution in [0.4, 0.5) is 5.88 Å². The molecule has 1 atom stereocenters. The molecule has 4 rings (SSSR count). The molecule has 1 unspecified atom stereocenters. The fourth-order valence-electron chi connectivity index (χ4n) is 3.79. The molecule has 2 aromatic rings. The number of hydrogen-bond acceptors (Lipinski definition) is 7. The summed E-state index contributed by atoms with van der Waals surface area (Å²) in [5.41, 5.74) is 0.782. The second-order valence-corrected chi connectivity index (χ2v) is 9.87. The third kappa shape index (κ3) is 4.36. The van der Waals surface area contributed by atoms with Gasteiger partial charge in [0.05, 0.1) is 11.0 Å². The van der Waals surface area contributed by atoms with E-state index in [0.29, 0.717) is 37.0 Å². The van der Waals surface area contributed by atoms with E-state index in [9.17, 15) is 13.7 Å². The first-order chi connectivity index (χ1) is 14.5. The van der Waals surface area contributed by atoms with Gasteiger partial charge in [-0.3, -0.25) is 0 Å². The highest BCUT2D eigenvalue weighted by atomic mass is 32.2. The van der Waals surface area contributed by atoms with Gasteiger partial charge in [-0.15, -0.1) is 0 Å². The van der Waals surface area contributed by atoms with E-state index in [0.717, 1.165) is 32.3 Å². The minimum Gasteiger partial charge on any atom is -0.419 e. The van der Waals surface area contributed by atoms with Crippen molar-refractivity contribution in [1.29, 1.82) is 5.26 Å². The van der Waals surface area contributed by atoms with E-state index < -0.39 is 10.0 Å². The molecule has 0 spiro atoms. The van der Waals surface area contributed by atoms with Crippen LogP contribution in [0.25, 0.3) is 11.5 Å². The Morgan fingerprint density at radius 1 is 1.23 bits per heavy atom. The molecule has 0 bridgehead atoms. The van der Waals surface area contributed by atoms with E-state index in [-0.39, 0.29) is 22.6 Å². The Bertz CT molecular complexity index is 1010. The SMILES string of the molecule is CC1CCN(S(=O)(=O)c2ccc(-c3nc(C#N)c(NCC4CCCO4)o3)cc2)CC1. The van der Waals surface area contributed by atoms with Gasteiger partial charge in [-0.1, -0.05) is 6.92 Å². The smallest absolute Gasteiger partial charge is 0.243 e. The average Bonchev–Trinajstić information content (AvgIpc) is 3.42. The highest BCUT2D eigenvalue weighted by Crippen LogP contribution is 2.28. The second-order valence-electron chi connectivity index (χ2n) is 7.94. The number of sulfonamides is 1. The number of oxazole rings is 1. The van der Waals surface area contributed by atoms with Gasteiger partial charge < -0.3 is 14.5 Å². The minimum absolute atomic E-state index is 0.104. The molecule has 0 aliphatic carbocycles. The van der Waals surface area contributed by atoms with Crippen LogP contribution in [-0.4, -0.2) is 50.1 Å². The number of rotatable bonds is 6. The van der Waals surface area contributed by atoms with Crippen molar-refractivity contribution in [3.05, 3.63) is 30.0 Å². The van der Waals surface area contributed by atoms with Crippen LogP contribution in [0.5, 0.6) is 0 Å². The number of nitriles is 1. The third-order valence-electron chi connectivity index (χ3n) is 5.73. The number of benzene rings is 1. The number of ether oxygens (including phenoxy) is 1. The summed E-state index contributed by atoms with van der Waals surface area (Å²) in [5.74, 6) is 1.14. The summed E-state index contributed by atoms with van der Waals surface area (Å²) in [4.78, 5) is 4.50. The van der Waals surface area contributed by atoms with Crippen LogP contribution in [0, 0.1) is 17.2 Å². The van der Waals surface area contributed by atoms with Gasteiger partial charge in [-0.2, -0.15) is 14.6 Å². The highest BCUT2D eigenvalue weighted by Gasteiger charge is 2.28. The first-order valence-corrected chi connectivity index (χ1v) is 11.8. The molecule has 0 saturated carbocycles. The van der Waals surface area contributed by atoms with Crippen molar-refractivity contribution in [1.82, 2.24) is 9.29 Å². The summed E-state index contributed by atoms with van der Waals surface area (Å²) in [7, 11) is -3.51. The lowest BCUT2D eigenvalue weighted by Gasteiger charge is -2.29. The van der Waals surface area contributed by atoms with Gasteiger partial charge >= 0.3 is 0 Å².